The monoisotopic (exact) mass is 304 g/mol. The lowest BCUT2D eigenvalue weighted by Gasteiger charge is -2.23. The molecule has 21 heavy (non-hydrogen) atoms. The zero-order valence-corrected chi connectivity index (χ0v) is 12.8. The molecule has 1 fully saturated rings. The molecule has 0 unspecified atom stereocenters. The molecule has 0 spiro atoms. The molecule has 1 aromatic carbocycles. The van der Waals surface area contributed by atoms with Gasteiger partial charge in [-0.2, -0.15) is 5.10 Å². The summed E-state index contributed by atoms with van der Waals surface area (Å²) in [6, 6.07) is 7.56. The van der Waals surface area contributed by atoms with Crippen LogP contribution in [0.2, 0.25) is 5.02 Å². The standard InChI is InChI=1S/C15H17ClN4O/c1-10-17-13(19-18-10)9-20(2)14(21)15(7-8-15)11-3-5-12(16)6-4-11/h3-6H,7-9H2,1-2H3,(H,17,18,19). The van der Waals surface area contributed by atoms with Crippen LogP contribution in [0.1, 0.15) is 30.1 Å². The molecule has 0 aliphatic heterocycles. The van der Waals surface area contributed by atoms with Gasteiger partial charge in [-0.1, -0.05) is 23.7 Å². The molecule has 1 saturated carbocycles. The highest BCUT2D eigenvalue weighted by Gasteiger charge is 2.52. The van der Waals surface area contributed by atoms with E-state index in [9.17, 15) is 4.79 Å². The molecule has 6 heteroatoms. The Morgan fingerprint density at radius 3 is 2.57 bits per heavy atom. The summed E-state index contributed by atoms with van der Waals surface area (Å²) in [5.41, 5.74) is 0.653. The number of aromatic nitrogens is 3. The van der Waals surface area contributed by atoms with Gasteiger partial charge in [0.05, 0.1) is 12.0 Å². The lowest BCUT2D eigenvalue weighted by Crippen LogP contribution is -2.36. The molecule has 2 aromatic rings. The van der Waals surface area contributed by atoms with E-state index in [1.807, 2.05) is 31.2 Å². The maximum absolute atomic E-state index is 12.8. The summed E-state index contributed by atoms with van der Waals surface area (Å²) in [5.74, 6) is 1.51. The van der Waals surface area contributed by atoms with Gasteiger partial charge in [0, 0.05) is 12.1 Å². The van der Waals surface area contributed by atoms with Gasteiger partial charge >= 0.3 is 0 Å². The molecule has 1 heterocycles. The van der Waals surface area contributed by atoms with Crippen molar-refractivity contribution < 1.29 is 4.79 Å². The van der Waals surface area contributed by atoms with Crippen LogP contribution in [0.25, 0.3) is 0 Å². The van der Waals surface area contributed by atoms with Crippen LogP contribution >= 0.6 is 11.6 Å². The van der Waals surface area contributed by atoms with Gasteiger partial charge in [-0.05, 0) is 37.5 Å². The summed E-state index contributed by atoms with van der Waals surface area (Å²) >= 11 is 5.92. The number of aryl methyl sites for hydroxylation is 1. The van der Waals surface area contributed by atoms with Gasteiger partial charge in [0.1, 0.15) is 5.82 Å². The third-order valence-corrected chi connectivity index (χ3v) is 4.18. The Labute approximate surface area is 128 Å². The molecule has 3 rings (SSSR count). The Balaban J connectivity index is 1.76. The highest BCUT2D eigenvalue weighted by atomic mass is 35.5. The minimum absolute atomic E-state index is 0.118. The number of nitrogens with zero attached hydrogens (tertiary/aromatic N) is 3. The number of nitrogens with one attached hydrogen (secondary N) is 1. The van der Waals surface area contributed by atoms with Crippen molar-refractivity contribution in [2.45, 2.75) is 31.7 Å². The zero-order valence-electron chi connectivity index (χ0n) is 12.1. The summed E-state index contributed by atoms with van der Waals surface area (Å²) in [7, 11) is 1.80. The topological polar surface area (TPSA) is 61.9 Å². The fourth-order valence-electron chi connectivity index (χ4n) is 2.63. The molecule has 1 amide bonds. The molecular weight excluding hydrogens is 288 g/mol. The van der Waals surface area contributed by atoms with E-state index in [4.69, 9.17) is 11.6 Å². The van der Waals surface area contributed by atoms with Gasteiger partial charge in [0.2, 0.25) is 5.91 Å². The first-order valence-electron chi connectivity index (χ1n) is 6.91. The van der Waals surface area contributed by atoms with Crippen LogP contribution in [0.4, 0.5) is 0 Å². The number of H-pyrrole nitrogens is 1. The van der Waals surface area contributed by atoms with Gasteiger partial charge in [0.25, 0.3) is 0 Å². The maximum Gasteiger partial charge on any atom is 0.233 e. The van der Waals surface area contributed by atoms with Crippen LogP contribution in [0.5, 0.6) is 0 Å². The number of hydrogen-bond acceptors (Lipinski definition) is 3. The molecular formula is C15H17ClN4O. The number of hydrogen-bond donors (Lipinski definition) is 1. The van der Waals surface area contributed by atoms with Gasteiger partial charge in [-0.25, -0.2) is 4.98 Å². The van der Waals surface area contributed by atoms with E-state index in [0.717, 1.165) is 24.2 Å². The molecule has 0 bridgehead atoms. The number of carbonyl (C=O) groups excluding carboxylic acids is 1. The largest absolute Gasteiger partial charge is 0.337 e. The first kappa shape index (κ1) is 14.1. The molecule has 0 radical (unpaired) electrons. The van der Waals surface area contributed by atoms with E-state index in [2.05, 4.69) is 15.2 Å². The number of carbonyl (C=O) groups is 1. The van der Waals surface area contributed by atoms with Crippen LogP contribution in [0.3, 0.4) is 0 Å². The van der Waals surface area contributed by atoms with Crippen molar-refractivity contribution >= 4 is 17.5 Å². The van der Waals surface area contributed by atoms with Crippen LogP contribution in [0.15, 0.2) is 24.3 Å². The Kier molecular flexibility index (Phi) is 3.45. The predicted molar refractivity (Wildman–Crippen MR) is 80.0 cm³/mol. The van der Waals surface area contributed by atoms with E-state index in [-0.39, 0.29) is 11.3 Å². The van der Waals surface area contributed by atoms with Crippen LogP contribution in [0, 0.1) is 6.92 Å². The van der Waals surface area contributed by atoms with Crippen molar-refractivity contribution in [3.05, 3.63) is 46.5 Å². The second kappa shape index (κ2) is 5.15. The number of amides is 1. The SMILES string of the molecule is Cc1nc(CN(C)C(=O)C2(c3ccc(Cl)cc3)CC2)n[nH]1. The van der Waals surface area contributed by atoms with Crippen molar-refractivity contribution in [3.8, 4) is 0 Å². The normalized spacial score (nSPS) is 15.8. The summed E-state index contributed by atoms with van der Waals surface area (Å²) in [5, 5.41) is 7.56. The fourth-order valence-corrected chi connectivity index (χ4v) is 2.75. The maximum atomic E-state index is 12.8. The van der Waals surface area contributed by atoms with E-state index < -0.39 is 0 Å². The summed E-state index contributed by atoms with van der Waals surface area (Å²) < 4.78 is 0. The lowest BCUT2D eigenvalue weighted by atomic mass is 9.94. The zero-order chi connectivity index (χ0) is 15.0. The number of benzene rings is 1. The third-order valence-electron chi connectivity index (χ3n) is 3.93. The Bertz CT molecular complexity index is 661. The highest BCUT2D eigenvalue weighted by molar-refractivity contribution is 6.30. The third kappa shape index (κ3) is 2.65. The first-order valence-corrected chi connectivity index (χ1v) is 7.28. The minimum atomic E-state index is -0.384. The van der Waals surface area contributed by atoms with Gasteiger partial charge in [-0.3, -0.25) is 9.89 Å². The van der Waals surface area contributed by atoms with E-state index in [1.165, 1.54) is 0 Å². The second-order valence-electron chi connectivity index (χ2n) is 5.59. The number of halogens is 1. The molecule has 0 atom stereocenters. The van der Waals surface area contributed by atoms with Crippen LogP contribution in [-0.4, -0.2) is 33.0 Å². The Morgan fingerprint density at radius 1 is 1.38 bits per heavy atom. The highest BCUT2D eigenvalue weighted by Crippen LogP contribution is 2.49. The van der Waals surface area contributed by atoms with Gasteiger partial charge < -0.3 is 4.90 Å². The Morgan fingerprint density at radius 2 is 2.05 bits per heavy atom. The molecule has 5 nitrogen and oxygen atoms in total. The van der Waals surface area contributed by atoms with Crippen LogP contribution < -0.4 is 0 Å². The second-order valence-corrected chi connectivity index (χ2v) is 6.02. The first-order chi connectivity index (χ1) is 10.0. The Hall–Kier alpha value is -1.88. The molecule has 0 saturated heterocycles. The average Bonchev–Trinajstić information content (AvgIpc) is 3.17. The quantitative estimate of drug-likeness (QED) is 0.944. The lowest BCUT2D eigenvalue weighted by molar-refractivity contribution is -0.133. The fraction of sp³-hybridized carbons (Fsp3) is 0.400. The summed E-state index contributed by atoms with van der Waals surface area (Å²) in [6.07, 6.45) is 1.76. The molecule has 1 aliphatic rings. The summed E-state index contributed by atoms with van der Waals surface area (Å²) in [6.45, 7) is 2.26. The number of rotatable bonds is 4. The van der Waals surface area contributed by atoms with E-state index >= 15 is 0 Å². The minimum Gasteiger partial charge on any atom is -0.337 e. The van der Waals surface area contributed by atoms with Crippen molar-refractivity contribution in [1.29, 1.82) is 0 Å². The predicted octanol–water partition coefficient (Wildman–Crippen LogP) is 2.46. The molecule has 1 aromatic heterocycles. The molecule has 1 aliphatic carbocycles. The summed E-state index contributed by atoms with van der Waals surface area (Å²) in [4.78, 5) is 18.7. The van der Waals surface area contributed by atoms with Gasteiger partial charge in [0.15, 0.2) is 5.82 Å². The smallest absolute Gasteiger partial charge is 0.233 e. The van der Waals surface area contributed by atoms with Crippen molar-refractivity contribution in [2.75, 3.05) is 7.05 Å². The van der Waals surface area contributed by atoms with Crippen molar-refractivity contribution in [2.24, 2.45) is 0 Å². The van der Waals surface area contributed by atoms with E-state index in [0.29, 0.717) is 17.4 Å². The number of likely N-dealkylation sites (N-methyl/N-ethyl adjacent to an activating group) is 1. The van der Waals surface area contributed by atoms with Crippen molar-refractivity contribution in [1.82, 2.24) is 20.1 Å². The van der Waals surface area contributed by atoms with E-state index in [1.54, 1.807) is 11.9 Å². The molecule has 1 N–H and O–H groups in total. The van der Waals surface area contributed by atoms with Crippen molar-refractivity contribution in [3.63, 3.8) is 0 Å². The van der Waals surface area contributed by atoms with Crippen LogP contribution in [-0.2, 0) is 16.8 Å². The molecule has 110 valence electrons. The average molecular weight is 305 g/mol. The number of aromatic amines is 1. The van der Waals surface area contributed by atoms with Gasteiger partial charge in [-0.15, -0.1) is 0 Å².